The van der Waals surface area contributed by atoms with Gasteiger partial charge in [0.2, 0.25) is 15.6 Å². The number of sulfone groups is 1. The molecule has 0 radical (unpaired) electrons. The molecule has 1 saturated carbocycles. The van der Waals surface area contributed by atoms with Crippen molar-refractivity contribution in [1.82, 2.24) is 0 Å². The van der Waals surface area contributed by atoms with E-state index in [9.17, 15) is 23.1 Å². The lowest BCUT2D eigenvalue weighted by atomic mass is 9.95. The van der Waals surface area contributed by atoms with E-state index in [0.717, 1.165) is 64.5 Å². The van der Waals surface area contributed by atoms with Crippen LogP contribution in [0, 0.1) is 0 Å². The number of carboxylic acids is 1. The maximum Gasteiger partial charge on any atom is 0.335 e. The van der Waals surface area contributed by atoms with Crippen molar-refractivity contribution in [3.8, 4) is 0 Å². The molecule has 0 saturated heterocycles. The van der Waals surface area contributed by atoms with Gasteiger partial charge in [-0.15, -0.1) is 0 Å². The van der Waals surface area contributed by atoms with Gasteiger partial charge in [0, 0.05) is 28.9 Å². The molecule has 48 heavy (non-hydrogen) atoms. The molecule has 2 heterocycles. The third-order valence-corrected chi connectivity index (χ3v) is 11.6. The monoisotopic (exact) mass is 649 g/mol. The van der Waals surface area contributed by atoms with E-state index in [1.807, 2.05) is 30.3 Å². The van der Waals surface area contributed by atoms with Crippen LogP contribution in [0.1, 0.15) is 73.7 Å². The molecular weight excluding hydrogens is 619 g/mol. The van der Waals surface area contributed by atoms with Crippen LogP contribution in [-0.4, -0.2) is 31.3 Å². The first-order valence-corrected chi connectivity index (χ1v) is 17.5. The van der Waals surface area contributed by atoms with Crippen molar-refractivity contribution in [1.29, 1.82) is 0 Å². The fraction of sp³-hybridized carbons (Fsp3) is 0.122. The van der Waals surface area contributed by atoms with Crippen LogP contribution in [0.25, 0.3) is 17.7 Å². The van der Waals surface area contributed by atoms with Crippen LogP contribution in [-0.2, 0) is 9.84 Å². The molecule has 0 bridgehead atoms. The summed E-state index contributed by atoms with van der Waals surface area (Å²) in [6, 6.07) is 39.2. The Hall–Kier alpha value is -5.53. The van der Waals surface area contributed by atoms with Gasteiger partial charge in [-0.1, -0.05) is 85.3 Å². The highest BCUT2D eigenvalue weighted by Gasteiger charge is 2.43. The summed E-state index contributed by atoms with van der Waals surface area (Å²) >= 11 is 0. The summed E-state index contributed by atoms with van der Waals surface area (Å²) in [5, 5.41) is 9.35. The third kappa shape index (κ3) is 4.98. The SMILES string of the molecule is O=C(O)c1ccc2c(c1)C(=O)/C(=C\c1ccc3c(c1)C1CCCC1N3c1ccc(C=C(c3ccccc3)c3ccccc3)cc1)S2(=O)=O. The summed E-state index contributed by atoms with van der Waals surface area (Å²) < 4.78 is 26.7. The van der Waals surface area contributed by atoms with Crippen molar-refractivity contribution in [2.24, 2.45) is 0 Å². The lowest BCUT2D eigenvalue weighted by Crippen LogP contribution is -2.26. The Morgan fingerprint density at radius 2 is 1.42 bits per heavy atom. The van der Waals surface area contributed by atoms with Crippen LogP contribution in [0.5, 0.6) is 0 Å². The predicted octanol–water partition coefficient (Wildman–Crippen LogP) is 8.77. The molecule has 1 fully saturated rings. The number of fused-ring (bicyclic) bond motifs is 4. The molecule has 1 aliphatic carbocycles. The largest absolute Gasteiger partial charge is 0.478 e. The second-order valence-electron chi connectivity index (χ2n) is 12.5. The van der Waals surface area contributed by atoms with E-state index in [1.54, 1.807) is 0 Å². The van der Waals surface area contributed by atoms with Gasteiger partial charge in [0.15, 0.2) is 0 Å². The Morgan fingerprint density at radius 3 is 2.08 bits per heavy atom. The van der Waals surface area contributed by atoms with Crippen molar-refractivity contribution < 1.29 is 23.1 Å². The van der Waals surface area contributed by atoms with Gasteiger partial charge in [0.1, 0.15) is 4.91 Å². The molecule has 5 aromatic carbocycles. The first-order chi connectivity index (χ1) is 23.3. The van der Waals surface area contributed by atoms with E-state index >= 15 is 0 Å². The van der Waals surface area contributed by atoms with Gasteiger partial charge >= 0.3 is 5.97 Å². The molecular formula is C41H31NO5S. The number of anilines is 2. The first kappa shape index (κ1) is 29.8. The summed E-state index contributed by atoms with van der Waals surface area (Å²) in [5.74, 6) is -1.59. The van der Waals surface area contributed by atoms with Crippen LogP contribution < -0.4 is 4.90 Å². The molecule has 7 heteroatoms. The van der Waals surface area contributed by atoms with E-state index in [0.29, 0.717) is 17.5 Å². The van der Waals surface area contributed by atoms with Crippen LogP contribution >= 0.6 is 0 Å². The van der Waals surface area contributed by atoms with E-state index in [-0.39, 0.29) is 20.9 Å². The zero-order valence-electron chi connectivity index (χ0n) is 25.9. The number of rotatable bonds is 6. The standard InChI is InChI=1S/C41H31NO5S/c43-40-35-25-30(41(44)45)17-21-38(35)48(46,47)39(40)24-27-16-20-37-34(23-27)32-12-7-13-36(32)42(37)31-18-14-26(15-19-31)22-33(28-8-3-1-4-9-28)29-10-5-2-6-11-29/h1-6,8-11,14-25,32,36H,7,12-13H2,(H,44,45)/b39-24+. The lowest BCUT2D eigenvalue weighted by Gasteiger charge is -2.27. The number of benzene rings is 5. The number of aromatic carboxylic acids is 1. The van der Waals surface area contributed by atoms with Crippen molar-refractivity contribution in [3.63, 3.8) is 0 Å². The van der Waals surface area contributed by atoms with Crippen molar-refractivity contribution >= 4 is 50.7 Å². The van der Waals surface area contributed by atoms with Crippen molar-refractivity contribution in [2.75, 3.05) is 4.90 Å². The molecule has 0 amide bonds. The third-order valence-electron chi connectivity index (χ3n) is 9.75. The van der Waals surface area contributed by atoms with E-state index in [4.69, 9.17) is 0 Å². The number of Topliss-reactive ketones (excluding diaryl/α,β-unsaturated/α-hetero) is 1. The molecule has 2 unspecified atom stereocenters. The van der Waals surface area contributed by atoms with Crippen molar-refractivity contribution in [2.45, 2.75) is 36.1 Å². The van der Waals surface area contributed by atoms with Gasteiger partial charge in [0.25, 0.3) is 0 Å². The second kappa shape index (κ2) is 11.6. The smallest absolute Gasteiger partial charge is 0.335 e. The predicted molar refractivity (Wildman–Crippen MR) is 188 cm³/mol. The Kier molecular flexibility index (Phi) is 7.22. The van der Waals surface area contributed by atoms with E-state index in [2.05, 4.69) is 83.8 Å². The zero-order valence-corrected chi connectivity index (χ0v) is 26.7. The van der Waals surface area contributed by atoms with Crippen LogP contribution in [0.15, 0.2) is 131 Å². The average molecular weight is 650 g/mol. The molecule has 5 aromatic rings. The van der Waals surface area contributed by atoms with Crippen LogP contribution in [0.3, 0.4) is 0 Å². The molecule has 1 N–H and O–H groups in total. The van der Waals surface area contributed by atoms with E-state index in [1.165, 1.54) is 18.2 Å². The summed E-state index contributed by atoms with van der Waals surface area (Å²) in [4.78, 5) is 26.6. The van der Waals surface area contributed by atoms with Gasteiger partial charge in [-0.05, 0) is 101 Å². The quantitative estimate of drug-likeness (QED) is 0.146. The fourth-order valence-electron chi connectivity index (χ4n) is 7.51. The van der Waals surface area contributed by atoms with E-state index < -0.39 is 21.6 Å². The Balaban J connectivity index is 1.13. The zero-order chi connectivity index (χ0) is 33.0. The molecule has 2 atom stereocenters. The Bertz CT molecular complexity index is 2230. The number of allylic oxidation sites excluding steroid dienone is 1. The molecule has 0 aromatic heterocycles. The Labute approximate surface area is 279 Å². The highest BCUT2D eigenvalue weighted by atomic mass is 32.2. The summed E-state index contributed by atoms with van der Waals surface area (Å²) in [7, 11) is -4.07. The minimum absolute atomic E-state index is 0.0951. The van der Waals surface area contributed by atoms with Gasteiger partial charge < -0.3 is 10.0 Å². The van der Waals surface area contributed by atoms with Gasteiger partial charge in [0.05, 0.1) is 10.5 Å². The summed E-state index contributed by atoms with van der Waals surface area (Å²) in [5.41, 5.74) is 8.33. The topological polar surface area (TPSA) is 91.8 Å². The number of hydrogen-bond acceptors (Lipinski definition) is 5. The fourth-order valence-corrected chi connectivity index (χ4v) is 9.08. The maximum atomic E-state index is 13.3. The van der Waals surface area contributed by atoms with Gasteiger partial charge in [-0.25, -0.2) is 13.2 Å². The number of carboxylic acid groups (broad SMARTS) is 1. The van der Waals surface area contributed by atoms with Gasteiger partial charge in [-0.3, -0.25) is 4.79 Å². The molecule has 8 rings (SSSR count). The lowest BCUT2D eigenvalue weighted by molar-refractivity contribution is 0.0696. The normalized spacial score (nSPS) is 19.5. The van der Waals surface area contributed by atoms with Crippen LogP contribution in [0.2, 0.25) is 0 Å². The molecule has 2 aliphatic heterocycles. The number of hydrogen-bond donors (Lipinski definition) is 1. The van der Waals surface area contributed by atoms with Crippen molar-refractivity contribution in [3.05, 3.63) is 165 Å². The highest BCUT2D eigenvalue weighted by molar-refractivity contribution is 7.97. The Morgan fingerprint density at radius 1 is 0.750 bits per heavy atom. The average Bonchev–Trinajstić information content (AvgIpc) is 3.76. The molecule has 3 aliphatic rings. The maximum absolute atomic E-state index is 13.3. The number of nitrogens with zero attached hydrogens (tertiary/aromatic N) is 1. The number of carbonyl (C=O) groups excluding carboxylic acids is 1. The molecule has 0 spiro atoms. The highest BCUT2D eigenvalue weighted by Crippen LogP contribution is 2.52. The minimum Gasteiger partial charge on any atom is -0.478 e. The van der Waals surface area contributed by atoms with Gasteiger partial charge in [-0.2, -0.15) is 0 Å². The number of carbonyl (C=O) groups is 2. The molecule has 236 valence electrons. The number of ketones is 1. The first-order valence-electron chi connectivity index (χ1n) is 16.0. The summed E-state index contributed by atoms with van der Waals surface area (Å²) in [6.45, 7) is 0. The summed E-state index contributed by atoms with van der Waals surface area (Å²) in [6.07, 6.45) is 6.85. The molecule has 6 nitrogen and oxygen atoms in total. The van der Waals surface area contributed by atoms with Crippen LogP contribution in [0.4, 0.5) is 11.4 Å². The second-order valence-corrected chi connectivity index (χ2v) is 14.4. The minimum atomic E-state index is -4.07.